The highest BCUT2D eigenvalue weighted by Crippen LogP contribution is 2.47. The second-order valence-corrected chi connectivity index (χ2v) is 7.72. The molecule has 2 N–H and O–H groups in total. The summed E-state index contributed by atoms with van der Waals surface area (Å²) in [7, 11) is 1.79. The fraction of sp³-hybridized carbons (Fsp3) is 0.450. The second-order valence-electron chi connectivity index (χ2n) is 7.72. The van der Waals surface area contributed by atoms with Crippen molar-refractivity contribution in [3.8, 4) is 0 Å². The molecule has 1 aromatic carbocycles. The van der Waals surface area contributed by atoms with Crippen LogP contribution in [0.25, 0.3) is 0 Å². The van der Waals surface area contributed by atoms with Crippen LogP contribution >= 0.6 is 0 Å². The van der Waals surface area contributed by atoms with Gasteiger partial charge in [-0.15, -0.1) is 0 Å². The number of rotatable bonds is 6. The van der Waals surface area contributed by atoms with Gasteiger partial charge in [-0.1, -0.05) is 6.07 Å². The summed E-state index contributed by atoms with van der Waals surface area (Å²) in [6, 6.07) is 5.68. The molecule has 2 aliphatic carbocycles. The fourth-order valence-corrected chi connectivity index (χ4v) is 3.66. The van der Waals surface area contributed by atoms with Crippen LogP contribution in [0.3, 0.4) is 0 Å². The molecule has 2 fully saturated rings. The van der Waals surface area contributed by atoms with Crippen LogP contribution in [0.2, 0.25) is 0 Å². The van der Waals surface area contributed by atoms with E-state index in [4.69, 9.17) is 0 Å². The Morgan fingerprint density at radius 1 is 1.37 bits per heavy atom. The van der Waals surface area contributed by atoms with Gasteiger partial charge in [-0.3, -0.25) is 9.48 Å². The van der Waals surface area contributed by atoms with E-state index < -0.39 is 6.09 Å². The first kappa shape index (κ1) is 17.6. The van der Waals surface area contributed by atoms with Crippen LogP contribution in [0.4, 0.5) is 10.5 Å². The maximum absolute atomic E-state index is 12.6. The smallest absolute Gasteiger partial charge is 0.407 e. The molecule has 2 aromatic rings. The van der Waals surface area contributed by atoms with Crippen LogP contribution < -0.4 is 5.32 Å². The molecule has 1 aromatic heterocycles. The van der Waals surface area contributed by atoms with Gasteiger partial charge >= 0.3 is 6.09 Å². The molecule has 0 aliphatic heterocycles. The van der Waals surface area contributed by atoms with Crippen LogP contribution in [0.15, 0.2) is 30.6 Å². The Kier molecular flexibility index (Phi) is 4.37. The molecule has 0 saturated heterocycles. The molecule has 2 saturated carbocycles. The number of hydrogen-bond donors (Lipinski definition) is 2. The third-order valence-electron chi connectivity index (χ3n) is 5.46. The van der Waals surface area contributed by atoms with E-state index in [1.165, 1.54) is 0 Å². The predicted octanol–water partition coefficient (Wildman–Crippen LogP) is 3.23. The standard InChI is InChI=1S/C20H24N4O3/c1-12-3-6-14(19(25)22-15-9-21-23(2)11-15)7-16(12)17-8-18(17)24(20(26)27)10-13-4-5-13/h3,6-7,9,11,13,17-18H,4-5,8,10H2,1-2H3,(H,22,25)(H,26,27). The molecule has 7 heteroatoms. The summed E-state index contributed by atoms with van der Waals surface area (Å²) in [5, 5.41) is 16.5. The second kappa shape index (κ2) is 6.72. The van der Waals surface area contributed by atoms with Gasteiger partial charge in [-0.25, -0.2) is 4.79 Å². The summed E-state index contributed by atoms with van der Waals surface area (Å²) in [6.45, 7) is 2.65. The van der Waals surface area contributed by atoms with E-state index in [2.05, 4.69) is 10.4 Å². The van der Waals surface area contributed by atoms with E-state index in [0.717, 1.165) is 30.4 Å². The van der Waals surface area contributed by atoms with E-state index in [-0.39, 0.29) is 17.9 Å². The van der Waals surface area contributed by atoms with Crippen molar-refractivity contribution in [2.75, 3.05) is 11.9 Å². The number of aryl methyl sites for hydroxylation is 2. The molecule has 142 valence electrons. The molecule has 7 nitrogen and oxygen atoms in total. The van der Waals surface area contributed by atoms with Crippen molar-refractivity contribution in [2.45, 2.75) is 38.1 Å². The third-order valence-corrected chi connectivity index (χ3v) is 5.46. The molecule has 1 heterocycles. The summed E-state index contributed by atoms with van der Waals surface area (Å²) in [5.74, 6) is 0.514. The third kappa shape index (κ3) is 3.82. The minimum absolute atomic E-state index is 0.0263. The first-order valence-corrected chi connectivity index (χ1v) is 9.32. The Morgan fingerprint density at radius 3 is 2.78 bits per heavy atom. The van der Waals surface area contributed by atoms with Crippen LogP contribution in [-0.4, -0.2) is 44.4 Å². The lowest BCUT2D eigenvalue weighted by atomic mass is 10.00. The highest BCUT2D eigenvalue weighted by Gasteiger charge is 2.47. The zero-order valence-electron chi connectivity index (χ0n) is 15.6. The molecule has 2 unspecified atom stereocenters. The van der Waals surface area contributed by atoms with Crippen molar-refractivity contribution < 1.29 is 14.7 Å². The number of carboxylic acid groups (broad SMARTS) is 1. The van der Waals surface area contributed by atoms with Crippen molar-refractivity contribution in [3.05, 3.63) is 47.3 Å². The maximum atomic E-state index is 12.6. The Morgan fingerprint density at radius 2 is 2.15 bits per heavy atom. The lowest BCUT2D eigenvalue weighted by Crippen LogP contribution is -2.34. The van der Waals surface area contributed by atoms with Gasteiger partial charge in [0.25, 0.3) is 5.91 Å². The van der Waals surface area contributed by atoms with Gasteiger partial charge in [0.1, 0.15) is 0 Å². The fourth-order valence-electron chi connectivity index (χ4n) is 3.66. The number of anilines is 1. The van der Waals surface area contributed by atoms with Gasteiger partial charge in [0, 0.05) is 37.3 Å². The minimum atomic E-state index is -0.836. The largest absolute Gasteiger partial charge is 0.465 e. The number of carbonyl (C=O) groups is 2. The number of hydrogen-bond acceptors (Lipinski definition) is 3. The summed E-state index contributed by atoms with van der Waals surface area (Å²) >= 11 is 0. The topological polar surface area (TPSA) is 87.5 Å². The van der Waals surface area contributed by atoms with Gasteiger partial charge in [0.05, 0.1) is 11.9 Å². The van der Waals surface area contributed by atoms with Crippen LogP contribution in [0, 0.1) is 12.8 Å². The van der Waals surface area contributed by atoms with Crippen molar-refractivity contribution in [3.63, 3.8) is 0 Å². The zero-order valence-corrected chi connectivity index (χ0v) is 15.6. The van der Waals surface area contributed by atoms with Gasteiger partial charge in [-0.2, -0.15) is 5.10 Å². The Balaban J connectivity index is 1.49. The molecule has 4 rings (SSSR count). The molecular weight excluding hydrogens is 344 g/mol. The average Bonchev–Trinajstić information content (AvgIpc) is 3.53. The Bertz CT molecular complexity index is 887. The summed E-state index contributed by atoms with van der Waals surface area (Å²) in [6.07, 6.45) is 5.60. The van der Waals surface area contributed by atoms with Gasteiger partial charge in [0.2, 0.25) is 0 Å². The maximum Gasteiger partial charge on any atom is 0.407 e. The SMILES string of the molecule is Cc1ccc(C(=O)Nc2cnn(C)c2)cc1C1CC1N(CC1CC1)C(=O)O. The molecular formula is C20H24N4O3. The van der Waals surface area contributed by atoms with Crippen LogP contribution in [0.5, 0.6) is 0 Å². The van der Waals surface area contributed by atoms with Gasteiger partial charge in [0.15, 0.2) is 0 Å². The normalized spacial score (nSPS) is 21.0. The Labute approximate surface area is 158 Å². The first-order chi connectivity index (χ1) is 12.9. The number of nitrogens with zero attached hydrogens (tertiary/aromatic N) is 3. The van der Waals surface area contributed by atoms with Crippen molar-refractivity contribution in [1.29, 1.82) is 0 Å². The average molecular weight is 368 g/mol. The number of carbonyl (C=O) groups excluding carboxylic acids is 1. The quantitative estimate of drug-likeness (QED) is 0.819. The summed E-state index contributed by atoms with van der Waals surface area (Å²) < 4.78 is 1.63. The number of aromatic nitrogens is 2. The highest BCUT2D eigenvalue weighted by atomic mass is 16.4. The van der Waals surface area contributed by atoms with Gasteiger partial charge < -0.3 is 15.3 Å². The zero-order chi connectivity index (χ0) is 19.1. The van der Waals surface area contributed by atoms with Crippen LogP contribution in [-0.2, 0) is 7.05 Å². The van der Waals surface area contributed by atoms with Gasteiger partial charge in [-0.05, 0) is 55.4 Å². The monoisotopic (exact) mass is 368 g/mol. The summed E-state index contributed by atoms with van der Waals surface area (Å²) in [4.78, 5) is 25.8. The molecule has 0 radical (unpaired) electrons. The number of benzene rings is 1. The van der Waals surface area contributed by atoms with Crippen molar-refractivity contribution >= 4 is 17.7 Å². The summed E-state index contributed by atoms with van der Waals surface area (Å²) in [5.41, 5.74) is 3.39. The minimum Gasteiger partial charge on any atom is -0.465 e. The van der Waals surface area contributed by atoms with E-state index in [0.29, 0.717) is 23.7 Å². The van der Waals surface area contributed by atoms with E-state index in [1.54, 1.807) is 35.1 Å². The lowest BCUT2D eigenvalue weighted by molar-refractivity contribution is 0.102. The van der Waals surface area contributed by atoms with E-state index in [1.807, 2.05) is 19.1 Å². The van der Waals surface area contributed by atoms with Crippen molar-refractivity contribution in [2.24, 2.45) is 13.0 Å². The Hall–Kier alpha value is -2.83. The molecule has 0 spiro atoms. The molecule has 2 aliphatic rings. The number of amides is 2. The van der Waals surface area contributed by atoms with E-state index in [9.17, 15) is 14.7 Å². The lowest BCUT2D eigenvalue weighted by Gasteiger charge is -2.20. The molecule has 2 atom stereocenters. The molecule has 2 amide bonds. The number of nitrogens with one attached hydrogen (secondary N) is 1. The first-order valence-electron chi connectivity index (χ1n) is 9.32. The highest BCUT2D eigenvalue weighted by molar-refractivity contribution is 6.04. The molecule has 27 heavy (non-hydrogen) atoms. The van der Waals surface area contributed by atoms with Crippen LogP contribution in [0.1, 0.15) is 46.7 Å². The molecule has 0 bridgehead atoms. The predicted molar refractivity (Wildman–Crippen MR) is 101 cm³/mol. The van der Waals surface area contributed by atoms with Crippen molar-refractivity contribution in [1.82, 2.24) is 14.7 Å². The van der Waals surface area contributed by atoms with E-state index >= 15 is 0 Å².